The van der Waals surface area contributed by atoms with Crippen molar-refractivity contribution in [3.63, 3.8) is 0 Å². The zero-order chi connectivity index (χ0) is 13.8. The van der Waals surface area contributed by atoms with E-state index in [0.29, 0.717) is 12.2 Å². The third kappa shape index (κ3) is 2.81. The summed E-state index contributed by atoms with van der Waals surface area (Å²) < 4.78 is 17.6. The molecule has 0 saturated carbocycles. The van der Waals surface area contributed by atoms with Crippen molar-refractivity contribution >= 4 is 5.97 Å². The highest BCUT2D eigenvalue weighted by atomic mass is 19.1. The van der Waals surface area contributed by atoms with Gasteiger partial charge in [0.2, 0.25) is 0 Å². The lowest BCUT2D eigenvalue weighted by Gasteiger charge is -2.08. The summed E-state index contributed by atoms with van der Waals surface area (Å²) in [6, 6.07) is 6.08. The first-order valence-corrected chi connectivity index (χ1v) is 6.04. The van der Waals surface area contributed by atoms with E-state index in [-0.39, 0.29) is 11.8 Å². The van der Waals surface area contributed by atoms with Gasteiger partial charge in [-0.2, -0.15) is 0 Å². The van der Waals surface area contributed by atoms with E-state index in [9.17, 15) is 9.18 Å². The van der Waals surface area contributed by atoms with E-state index in [1.165, 1.54) is 19.2 Å². The summed E-state index contributed by atoms with van der Waals surface area (Å²) in [5.41, 5.74) is 1.57. The molecule has 0 saturated heterocycles. The number of rotatable bonds is 4. The first kappa shape index (κ1) is 13.3. The van der Waals surface area contributed by atoms with Crippen LogP contribution in [-0.4, -0.2) is 23.0 Å². The predicted octanol–water partition coefficient (Wildman–Crippen LogP) is 2.88. The number of carbonyl (C=O) groups is 1. The normalized spacial score (nSPS) is 12.2. The Labute approximate surface area is 110 Å². The minimum absolute atomic E-state index is 0.288. The molecule has 0 radical (unpaired) electrons. The molecular weight excluding hydrogens is 247 g/mol. The van der Waals surface area contributed by atoms with Gasteiger partial charge in [0, 0.05) is 0 Å². The Kier molecular flexibility index (Phi) is 3.94. The van der Waals surface area contributed by atoms with Gasteiger partial charge in [0.25, 0.3) is 0 Å². The molecule has 1 aromatic heterocycles. The fourth-order valence-corrected chi connectivity index (χ4v) is 1.90. The van der Waals surface area contributed by atoms with Crippen LogP contribution in [0.3, 0.4) is 0 Å². The molecule has 0 aliphatic carbocycles. The summed E-state index contributed by atoms with van der Waals surface area (Å²) in [6.07, 6.45) is 2.23. The molecule has 1 N–H and O–H groups in total. The Morgan fingerprint density at radius 2 is 2.11 bits per heavy atom. The summed E-state index contributed by atoms with van der Waals surface area (Å²) >= 11 is 0. The lowest BCUT2D eigenvalue weighted by molar-refractivity contribution is -0.142. The number of hydrogen-bond acceptors (Lipinski definition) is 3. The minimum atomic E-state index is -0.404. The smallest absolute Gasteiger partial charge is 0.316 e. The van der Waals surface area contributed by atoms with Gasteiger partial charge in [-0.3, -0.25) is 4.79 Å². The third-order valence-corrected chi connectivity index (χ3v) is 2.97. The molecule has 19 heavy (non-hydrogen) atoms. The molecule has 100 valence electrons. The van der Waals surface area contributed by atoms with Crippen LogP contribution in [0.4, 0.5) is 4.39 Å². The highest BCUT2D eigenvalue weighted by Gasteiger charge is 2.22. The van der Waals surface area contributed by atoms with Crippen LogP contribution in [0, 0.1) is 5.82 Å². The van der Waals surface area contributed by atoms with Gasteiger partial charge < -0.3 is 9.72 Å². The molecule has 4 nitrogen and oxygen atoms in total. The quantitative estimate of drug-likeness (QED) is 0.862. The Morgan fingerprint density at radius 3 is 2.68 bits per heavy atom. The SMILES string of the molecule is CCC(C(=O)OC)c1ncc(-c2ccc(F)cc2)[nH]1. The summed E-state index contributed by atoms with van der Waals surface area (Å²) in [6.45, 7) is 1.89. The Hall–Kier alpha value is -2.17. The van der Waals surface area contributed by atoms with Crippen LogP contribution in [0.2, 0.25) is 0 Å². The van der Waals surface area contributed by atoms with Crippen molar-refractivity contribution in [3.8, 4) is 11.3 Å². The van der Waals surface area contributed by atoms with E-state index in [0.717, 1.165) is 11.3 Å². The summed E-state index contributed by atoms with van der Waals surface area (Å²) in [7, 11) is 1.36. The van der Waals surface area contributed by atoms with Gasteiger partial charge in [-0.25, -0.2) is 9.37 Å². The van der Waals surface area contributed by atoms with Crippen molar-refractivity contribution in [2.45, 2.75) is 19.3 Å². The summed E-state index contributed by atoms with van der Waals surface area (Å²) in [5.74, 6) is -0.445. The molecule has 0 aliphatic heterocycles. The molecule has 0 fully saturated rings. The van der Waals surface area contributed by atoms with Gasteiger partial charge in [-0.1, -0.05) is 6.92 Å². The maximum atomic E-state index is 12.9. The minimum Gasteiger partial charge on any atom is -0.468 e. The topological polar surface area (TPSA) is 55.0 Å². The zero-order valence-corrected chi connectivity index (χ0v) is 10.8. The fraction of sp³-hybridized carbons (Fsp3) is 0.286. The van der Waals surface area contributed by atoms with Gasteiger partial charge in [0.1, 0.15) is 17.6 Å². The summed E-state index contributed by atoms with van der Waals surface area (Å²) in [5, 5.41) is 0. The number of H-pyrrole nitrogens is 1. The van der Waals surface area contributed by atoms with E-state index in [1.54, 1.807) is 18.3 Å². The number of methoxy groups -OCH3 is 1. The van der Waals surface area contributed by atoms with E-state index in [1.807, 2.05) is 6.92 Å². The van der Waals surface area contributed by atoms with Gasteiger partial charge in [-0.05, 0) is 36.2 Å². The molecule has 1 unspecified atom stereocenters. The molecule has 2 aromatic rings. The largest absolute Gasteiger partial charge is 0.468 e. The number of aromatic amines is 1. The van der Waals surface area contributed by atoms with Crippen molar-refractivity contribution in [1.82, 2.24) is 9.97 Å². The molecule has 2 rings (SSSR count). The monoisotopic (exact) mass is 262 g/mol. The molecule has 5 heteroatoms. The van der Waals surface area contributed by atoms with E-state index < -0.39 is 5.92 Å². The maximum absolute atomic E-state index is 12.9. The Morgan fingerprint density at radius 1 is 1.42 bits per heavy atom. The van der Waals surface area contributed by atoms with Crippen LogP contribution in [0.5, 0.6) is 0 Å². The average Bonchev–Trinajstić information content (AvgIpc) is 2.89. The second-order valence-corrected chi connectivity index (χ2v) is 4.17. The summed E-state index contributed by atoms with van der Waals surface area (Å²) in [4.78, 5) is 18.9. The fourth-order valence-electron chi connectivity index (χ4n) is 1.90. The number of nitrogens with one attached hydrogen (secondary N) is 1. The number of ether oxygens (including phenoxy) is 1. The van der Waals surface area contributed by atoms with Crippen LogP contribution < -0.4 is 0 Å². The van der Waals surface area contributed by atoms with Crippen molar-refractivity contribution in [2.75, 3.05) is 7.11 Å². The van der Waals surface area contributed by atoms with Gasteiger partial charge in [0.15, 0.2) is 0 Å². The standard InChI is InChI=1S/C14H15FN2O2/c1-3-11(14(18)19-2)13-16-8-12(17-13)9-4-6-10(15)7-5-9/h4-8,11H,3H2,1-2H3,(H,16,17). The third-order valence-electron chi connectivity index (χ3n) is 2.97. The maximum Gasteiger partial charge on any atom is 0.316 e. The second kappa shape index (κ2) is 5.65. The average molecular weight is 262 g/mol. The highest BCUT2D eigenvalue weighted by Crippen LogP contribution is 2.23. The van der Waals surface area contributed by atoms with E-state index in [4.69, 9.17) is 4.74 Å². The lowest BCUT2D eigenvalue weighted by atomic mass is 10.1. The van der Waals surface area contributed by atoms with Crippen LogP contribution in [0.15, 0.2) is 30.5 Å². The molecule has 0 spiro atoms. The number of imidazole rings is 1. The zero-order valence-electron chi connectivity index (χ0n) is 10.8. The van der Waals surface area contributed by atoms with Crippen LogP contribution >= 0.6 is 0 Å². The molecule has 0 amide bonds. The Balaban J connectivity index is 2.27. The number of esters is 1. The number of aromatic nitrogens is 2. The molecule has 0 aliphatic rings. The molecule has 1 atom stereocenters. The number of hydrogen-bond donors (Lipinski definition) is 1. The Bertz CT molecular complexity index is 563. The van der Waals surface area contributed by atoms with Crippen LogP contribution in [0.1, 0.15) is 25.1 Å². The van der Waals surface area contributed by atoms with Crippen molar-refractivity contribution in [1.29, 1.82) is 0 Å². The lowest BCUT2D eigenvalue weighted by Crippen LogP contribution is -2.14. The molecule has 0 bridgehead atoms. The van der Waals surface area contributed by atoms with Gasteiger partial charge in [-0.15, -0.1) is 0 Å². The van der Waals surface area contributed by atoms with Crippen molar-refractivity contribution in [2.24, 2.45) is 0 Å². The van der Waals surface area contributed by atoms with Gasteiger partial charge >= 0.3 is 5.97 Å². The molecule has 1 aromatic carbocycles. The first-order valence-electron chi connectivity index (χ1n) is 6.04. The number of benzene rings is 1. The second-order valence-electron chi connectivity index (χ2n) is 4.17. The molecular formula is C14H15FN2O2. The van der Waals surface area contributed by atoms with E-state index >= 15 is 0 Å². The number of nitrogens with zero attached hydrogens (tertiary/aromatic N) is 1. The molecule has 1 heterocycles. The predicted molar refractivity (Wildman–Crippen MR) is 69.0 cm³/mol. The van der Waals surface area contributed by atoms with Gasteiger partial charge in [0.05, 0.1) is 19.0 Å². The van der Waals surface area contributed by atoms with Crippen LogP contribution in [-0.2, 0) is 9.53 Å². The number of carbonyl (C=O) groups excluding carboxylic acids is 1. The van der Waals surface area contributed by atoms with Crippen molar-refractivity contribution < 1.29 is 13.9 Å². The number of halogens is 1. The van der Waals surface area contributed by atoms with Crippen LogP contribution in [0.25, 0.3) is 11.3 Å². The highest BCUT2D eigenvalue weighted by molar-refractivity contribution is 5.77. The van der Waals surface area contributed by atoms with Crippen molar-refractivity contribution in [3.05, 3.63) is 42.1 Å². The first-order chi connectivity index (χ1) is 9.15. The van der Waals surface area contributed by atoms with E-state index in [2.05, 4.69) is 9.97 Å².